The van der Waals surface area contributed by atoms with Crippen LogP contribution in [-0.2, 0) is 9.59 Å². The van der Waals surface area contributed by atoms with Crippen LogP contribution in [0.15, 0.2) is 71.6 Å². The first-order valence-corrected chi connectivity index (χ1v) is 9.26. The van der Waals surface area contributed by atoms with Crippen LogP contribution in [0.5, 0.6) is 0 Å². The Morgan fingerprint density at radius 1 is 0.963 bits per heavy atom. The van der Waals surface area contributed by atoms with Gasteiger partial charge < -0.3 is 9.90 Å². The first kappa shape index (κ1) is 17.3. The van der Waals surface area contributed by atoms with Crippen LogP contribution in [-0.4, -0.2) is 23.0 Å². The van der Waals surface area contributed by atoms with Crippen LogP contribution in [0.2, 0.25) is 0 Å². The zero-order chi connectivity index (χ0) is 19.0. The van der Waals surface area contributed by atoms with Gasteiger partial charge in [-0.2, -0.15) is 0 Å². The third-order valence-corrected chi connectivity index (χ3v) is 5.75. The number of anilines is 1. The SMILES string of the molecule is O=C([O-])c1ccccc1SC1CC(=O)N(c2cccc3ccccc23)C1=O. The number of aromatic carboxylic acids is 1. The lowest BCUT2D eigenvalue weighted by Crippen LogP contribution is -2.31. The molecule has 1 aliphatic rings. The number of hydrogen-bond acceptors (Lipinski definition) is 5. The van der Waals surface area contributed by atoms with Gasteiger partial charge in [-0.3, -0.25) is 9.59 Å². The minimum Gasteiger partial charge on any atom is -0.545 e. The van der Waals surface area contributed by atoms with Crippen molar-refractivity contribution in [1.82, 2.24) is 0 Å². The maximum atomic E-state index is 13.0. The average Bonchev–Trinajstić information content (AvgIpc) is 2.95. The molecule has 0 spiro atoms. The van der Waals surface area contributed by atoms with E-state index >= 15 is 0 Å². The third kappa shape index (κ3) is 3.08. The van der Waals surface area contributed by atoms with E-state index in [1.54, 1.807) is 24.3 Å². The number of imide groups is 1. The van der Waals surface area contributed by atoms with E-state index in [1.165, 1.54) is 11.0 Å². The fourth-order valence-electron chi connectivity index (χ4n) is 3.24. The predicted molar refractivity (Wildman–Crippen MR) is 101 cm³/mol. The zero-order valence-electron chi connectivity index (χ0n) is 14.1. The Hall–Kier alpha value is -3.12. The van der Waals surface area contributed by atoms with E-state index in [2.05, 4.69) is 0 Å². The quantitative estimate of drug-likeness (QED) is 0.654. The summed E-state index contributed by atoms with van der Waals surface area (Å²) in [6.07, 6.45) is 0.0219. The van der Waals surface area contributed by atoms with E-state index in [4.69, 9.17) is 0 Å². The monoisotopic (exact) mass is 376 g/mol. The molecule has 134 valence electrons. The number of carboxylic acid groups (broad SMARTS) is 1. The van der Waals surface area contributed by atoms with Gasteiger partial charge in [0.05, 0.1) is 16.9 Å². The largest absolute Gasteiger partial charge is 0.545 e. The molecule has 5 nitrogen and oxygen atoms in total. The molecule has 6 heteroatoms. The molecule has 3 aromatic carbocycles. The lowest BCUT2D eigenvalue weighted by atomic mass is 10.1. The fraction of sp³-hybridized carbons (Fsp3) is 0.0952. The molecule has 27 heavy (non-hydrogen) atoms. The van der Waals surface area contributed by atoms with Gasteiger partial charge >= 0.3 is 0 Å². The number of rotatable bonds is 4. The Morgan fingerprint density at radius 2 is 1.67 bits per heavy atom. The summed E-state index contributed by atoms with van der Waals surface area (Å²) in [7, 11) is 0. The zero-order valence-corrected chi connectivity index (χ0v) is 14.9. The fourth-order valence-corrected chi connectivity index (χ4v) is 4.42. The average molecular weight is 376 g/mol. The second-order valence-electron chi connectivity index (χ2n) is 6.16. The van der Waals surface area contributed by atoms with E-state index in [9.17, 15) is 19.5 Å². The molecule has 0 aromatic heterocycles. The molecule has 1 saturated heterocycles. The van der Waals surface area contributed by atoms with Crippen molar-refractivity contribution < 1.29 is 19.5 Å². The van der Waals surface area contributed by atoms with Crippen LogP contribution in [0, 0.1) is 0 Å². The molecule has 1 unspecified atom stereocenters. The summed E-state index contributed by atoms with van der Waals surface area (Å²) in [4.78, 5) is 38.5. The van der Waals surface area contributed by atoms with Crippen LogP contribution >= 0.6 is 11.8 Å². The maximum absolute atomic E-state index is 13.0. The van der Waals surface area contributed by atoms with Gasteiger partial charge in [0.25, 0.3) is 0 Å². The molecule has 4 rings (SSSR count). The first-order valence-electron chi connectivity index (χ1n) is 8.38. The van der Waals surface area contributed by atoms with Crippen LogP contribution in [0.25, 0.3) is 10.8 Å². The van der Waals surface area contributed by atoms with Gasteiger partial charge in [0, 0.05) is 22.3 Å². The smallest absolute Gasteiger partial charge is 0.247 e. The van der Waals surface area contributed by atoms with Crippen molar-refractivity contribution >= 4 is 46.0 Å². The number of benzene rings is 3. The normalized spacial score (nSPS) is 16.9. The van der Waals surface area contributed by atoms with E-state index in [0.717, 1.165) is 22.5 Å². The van der Waals surface area contributed by atoms with E-state index in [-0.39, 0.29) is 23.8 Å². The summed E-state index contributed by atoms with van der Waals surface area (Å²) in [6.45, 7) is 0. The maximum Gasteiger partial charge on any atom is 0.247 e. The van der Waals surface area contributed by atoms with Gasteiger partial charge in [0.2, 0.25) is 11.8 Å². The van der Waals surface area contributed by atoms with Crippen molar-refractivity contribution in [3.8, 4) is 0 Å². The van der Waals surface area contributed by atoms with Crippen LogP contribution in [0.1, 0.15) is 16.8 Å². The number of hydrogen-bond donors (Lipinski definition) is 0. The predicted octanol–water partition coefficient (Wildman–Crippen LogP) is 2.63. The molecule has 1 atom stereocenters. The number of carbonyl (C=O) groups is 3. The lowest BCUT2D eigenvalue weighted by molar-refractivity contribution is -0.255. The van der Waals surface area contributed by atoms with Crippen molar-refractivity contribution in [3.63, 3.8) is 0 Å². The highest BCUT2D eigenvalue weighted by Crippen LogP contribution is 2.37. The van der Waals surface area contributed by atoms with Crippen molar-refractivity contribution in [2.24, 2.45) is 0 Å². The Morgan fingerprint density at radius 3 is 2.48 bits per heavy atom. The van der Waals surface area contributed by atoms with Gasteiger partial charge in [-0.25, -0.2) is 4.90 Å². The molecule has 1 aliphatic heterocycles. The summed E-state index contributed by atoms with van der Waals surface area (Å²) in [5.74, 6) is -1.94. The van der Waals surface area contributed by atoms with Crippen molar-refractivity contribution in [2.75, 3.05) is 4.90 Å². The second kappa shape index (κ2) is 6.89. The molecular formula is C21H14NO4S-. The number of carboxylic acids is 1. The van der Waals surface area contributed by atoms with Crippen LogP contribution in [0.3, 0.4) is 0 Å². The molecule has 1 heterocycles. The molecule has 3 aromatic rings. The Kier molecular flexibility index (Phi) is 4.41. The Balaban J connectivity index is 1.68. The van der Waals surface area contributed by atoms with Gasteiger partial charge in [-0.1, -0.05) is 54.6 Å². The first-order chi connectivity index (χ1) is 13.1. The van der Waals surface area contributed by atoms with E-state index in [1.807, 2.05) is 36.4 Å². The number of carbonyl (C=O) groups excluding carboxylic acids is 3. The van der Waals surface area contributed by atoms with Gasteiger partial charge in [0.1, 0.15) is 0 Å². The highest BCUT2D eigenvalue weighted by Gasteiger charge is 2.40. The number of amides is 2. The van der Waals surface area contributed by atoms with Crippen molar-refractivity contribution in [2.45, 2.75) is 16.6 Å². The number of fused-ring (bicyclic) bond motifs is 1. The molecular weight excluding hydrogens is 362 g/mol. The van der Waals surface area contributed by atoms with Gasteiger partial charge in [0.15, 0.2) is 0 Å². The molecule has 0 saturated carbocycles. The van der Waals surface area contributed by atoms with E-state index in [0.29, 0.717) is 10.6 Å². The molecule has 0 aliphatic carbocycles. The third-order valence-electron chi connectivity index (χ3n) is 4.49. The molecule has 0 radical (unpaired) electrons. The minimum absolute atomic E-state index is 0.0198. The molecule has 0 N–H and O–H groups in total. The van der Waals surface area contributed by atoms with Crippen molar-refractivity contribution in [1.29, 1.82) is 0 Å². The van der Waals surface area contributed by atoms with E-state index < -0.39 is 11.2 Å². The summed E-state index contributed by atoms with van der Waals surface area (Å²) in [5.41, 5.74) is 0.575. The van der Waals surface area contributed by atoms with Crippen LogP contribution < -0.4 is 10.0 Å². The highest BCUT2D eigenvalue weighted by molar-refractivity contribution is 8.00. The molecule has 0 bridgehead atoms. The van der Waals surface area contributed by atoms with Gasteiger partial charge in [-0.05, 0) is 17.5 Å². The summed E-state index contributed by atoms with van der Waals surface area (Å²) in [5, 5.41) is 12.4. The standard InChI is InChI=1S/C21H15NO4S/c23-19-12-18(27-17-11-4-3-9-15(17)21(25)26)20(24)22(19)16-10-5-7-13-6-1-2-8-14(13)16/h1-11,18H,12H2,(H,25,26)/p-1. The highest BCUT2D eigenvalue weighted by atomic mass is 32.2. The Labute approximate surface area is 159 Å². The van der Waals surface area contributed by atoms with Gasteiger partial charge in [-0.15, -0.1) is 11.8 Å². The second-order valence-corrected chi connectivity index (χ2v) is 7.40. The summed E-state index contributed by atoms with van der Waals surface area (Å²) < 4.78 is 0. The minimum atomic E-state index is -1.30. The summed E-state index contributed by atoms with van der Waals surface area (Å²) in [6, 6.07) is 19.4. The summed E-state index contributed by atoms with van der Waals surface area (Å²) >= 11 is 1.09. The number of thioether (sulfide) groups is 1. The topological polar surface area (TPSA) is 77.5 Å². The molecule has 2 amide bonds. The van der Waals surface area contributed by atoms with Crippen LogP contribution in [0.4, 0.5) is 5.69 Å². The molecule has 1 fully saturated rings. The number of nitrogens with zero attached hydrogens (tertiary/aromatic N) is 1. The lowest BCUT2D eigenvalue weighted by Gasteiger charge is -2.18. The van der Waals surface area contributed by atoms with Crippen molar-refractivity contribution in [3.05, 3.63) is 72.3 Å². The Bertz CT molecular complexity index is 1070.